The van der Waals surface area contributed by atoms with E-state index in [0.29, 0.717) is 18.7 Å². The first-order chi connectivity index (χ1) is 11.4. The average molecular weight is 336 g/mol. The second-order valence-electron chi connectivity index (χ2n) is 7.12. The highest BCUT2D eigenvalue weighted by atomic mass is 16.4. The summed E-state index contributed by atoms with van der Waals surface area (Å²) in [6, 6.07) is 1.35. The van der Waals surface area contributed by atoms with E-state index in [4.69, 9.17) is 10.2 Å². The van der Waals surface area contributed by atoms with Crippen molar-refractivity contribution in [2.24, 2.45) is 11.7 Å². The van der Waals surface area contributed by atoms with Crippen molar-refractivity contribution < 1.29 is 14.3 Å². The molecule has 0 radical (unpaired) electrons. The lowest BCUT2D eigenvalue weighted by atomic mass is 9.91. The van der Waals surface area contributed by atoms with Gasteiger partial charge in [0.25, 0.3) is 0 Å². The monoisotopic (exact) mass is 336 g/mol. The maximum absolute atomic E-state index is 12.1. The predicted molar refractivity (Wildman–Crippen MR) is 91.8 cm³/mol. The van der Waals surface area contributed by atoms with Gasteiger partial charge in [0, 0.05) is 18.4 Å². The third-order valence-corrected chi connectivity index (χ3v) is 4.40. The molecular formula is C18H28N2O4. The average Bonchev–Trinajstić information content (AvgIpc) is 2.50. The van der Waals surface area contributed by atoms with Crippen LogP contribution in [0.15, 0.2) is 15.3 Å². The van der Waals surface area contributed by atoms with Gasteiger partial charge < -0.3 is 15.3 Å². The third kappa shape index (κ3) is 5.09. The molecule has 1 amide bonds. The molecule has 0 aliphatic carbocycles. The smallest absolute Gasteiger partial charge is 0.227 e. The maximum Gasteiger partial charge on any atom is 0.227 e. The van der Waals surface area contributed by atoms with E-state index < -0.39 is 17.1 Å². The van der Waals surface area contributed by atoms with E-state index in [1.807, 2.05) is 13.8 Å². The zero-order valence-electron chi connectivity index (χ0n) is 14.6. The molecule has 0 bridgehead atoms. The molecule has 134 valence electrons. The molecule has 1 fully saturated rings. The van der Waals surface area contributed by atoms with Gasteiger partial charge in [-0.15, -0.1) is 0 Å². The zero-order valence-corrected chi connectivity index (χ0v) is 14.6. The van der Waals surface area contributed by atoms with Gasteiger partial charge in [0.1, 0.15) is 5.76 Å². The van der Waals surface area contributed by atoms with Gasteiger partial charge in [-0.3, -0.25) is 14.5 Å². The molecular weight excluding hydrogens is 308 g/mol. The van der Waals surface area contributed by atoms with Crippen LogP contribution in [0.2, 0.25) is 0 Å². The van der Waals surface area contributed by atoms with Crippen molar-refractivity contribution in [1.82, 2.24) is 4.90 Å². The quantitative estimate of drug-likeness (QED) is 0.796. The van der Waals surface area contributed by atoms with Crippen LogP contribution in [0.3, 0.4) is 0 Å². The molecule has 0 unspecified atom stereocenters. The number of carbonyl (C=O) groups excluding carboxylic acids is 1. The van der Waals surface area contributed by atoms with E-state index in [1.165, 1.54) is 12.5 Å². The number of rotatable bonds is 7. The number of aromatic hydroxyl groups is 1. The molecule has 3 N–H and O–H groups in total. The van der Waals surface area contributed by atoms with Crippen molar-refractivity contribution in [3.63, 3.8) is 0 Å². The van der Waals surface area contributed by atoms with Crippen molar-refractivity contribution in [3.05, 3.63) is 27.8 Å². The van der Waals surface area contributed by atoms with Crippen LogP contribution in [0.5, 0.6) is 5.75 Å². The van der Waals surface area contributed by atoms with Gasteiger partial charge in [-0.1, -0.05) is 20.3 Å². The second-order valence-corrected chi connectivity index (χ2v) is 7.12. The molecule has 0 saturated carbocycles. The van der Waals surface area contributed by atoms with Crippen molar-refractivity contribution in [3.8, 4) is 5.75 Å². The number of hydrogen-bond acceptors (Lipinski definition) is 5. The van der Waals surface area contributed by atoms with E-state index in [9.17, 15) is 14.7 Å². The Labute approximate surface area is 142 Å². The van der Waals surface area contributed by atoms with E-state index >= 15 is 0 Å². The van der Waals surface area contributed by atoms with E-state index in [2.05, 4.69) is 4.90 Å². The summed E-state index contributed by atoms with van der Waals surface area (Å²) in [4.78, 5) is 25.8. The number of amides is 1. The lowest BCUT2D eigenvalue weighted by Crippen LogP contribution is -2.29. The van der Waals surface area contributed by atoms with Crippen LogP contribution in [0.4, 0.5) is 0 Å². The molecule has 1 atom stereocenters. The van der Waals surface area contributed by atoms with Gasteiger partial charge in [-0.2, -0.15) is 0 Å². The first kappa shape index (κ1) is 18.5. The summed E-state index contributed by atoms with van der Waals surface area (Å²) in [6.07, 6.45) is 4.20. The van der Waals surface area contributed by atoms with Crippen molar-refractivity contribution in [2.45, 2.75) is 58.4 Å². The number of primary amides is 1. The summed E-state index contributed by atoms with van der Waals surface area (Å²) >= 11 is 0. The molecule has 1 saturated heterocycles. The molecule has 6 heteroatoms. The third-order valence-electron chi connectivity index (χ3n) is 4.40. The Kier molecular flexibility index (Phi) is 6.43. The molecule has 1 aliphatic rings. The number of carbonyl (C=O) groups is 1. The first-order valence-electron chi connectivity index (χ1n) is 8.73. The van der Waals surface area contributed by atoms with Crippen LogP contribution in [-0.2, 0) is 11.3 Å². The Bertz CT molecular complexity index is 618. The summed E-state index contributed by atoms with van der Waals surface area (Å²) in [5.74, 6) is -0.232. The number of nitrogens with two attached hydrogens (primary N) is 1. The normalized spacial score (nSPS) is 17.1. The molecule has 1 aromatic heterocycles. The Morgan fingerprint density at radius 2 is 2.00 bits per heavy atom. The molecule has 2 rings (SSSR count). The molecule has 0 aromatic carbocycles. The Balaban J connectivity index is 2.28. The minimum atomic E-state index is -0.468. The van der Waals surface area contributed by atoms with E-state index in [1.54, 1.807) is 0 Å². The molecule has 0 spiro atoms. The lowest BCUT2D eigenvalue weighted by Gasteiger charge is -2.26. The van der Waals surface area contributed by atoms with Gasteiger partial charge in [0.15, 0.2) is 5.76 Å². The van der Waals surface area contributed by atoms with Gasteiger partial charge in [0.05, 0.1) is 6.54 Å². The highest BCUT2D eigenvalue weighted by molar-refractivity contribution is 5.74. The highest BCUT2D eigenvalue weighted by Crippen LogP contribution is 2.32. The van der Waals surface area contributed by atoms with Crippen LogP contribution >= 0.6 is 0 Å². The fraction of sp³-hybridized carbons (Fsp3) is 0.667. The molecule has 2 heterocycles. The van der Waals surface area contributed by atoms with Crippen molar-refractivity contribution in [1.29, 1.82) is 0 Å². The summed E-state index contributed by atoms with van der Waals surface area (Å²) in [5, 5.41) is 10.2. The number of hydrogen-bond donors (Lipinski definition) is 2. The fourth-order valence-corrected chi connectivity index (χ4v) is 3.34. The van der Waals surface area contributed by atoms with Crippen molar-refractivity contribution >= 4 is 5.91 Å². The van der Waals surface area contributed by atoms with E-state index in [-0.39, 0.29) is 24.0 Å². The topological polar surface area (TPSA) is 96.8 Å². The zero-order chi connectivity index (χ0) is 17.7. The number of piperidine rings is 1. The first-order valence-corrected chi connectivity index (χ1v) is 8.73. The molecule has 24 heavy (non-hydrogen) atoms. The van der Waals surface area contributed by atoms with Gasteiger partial charge in [-0.25, -0.2) is 0 Å². The lowest BCUT2D eigenvalue weighted by molar-refractivity contribution is -0.118. The largest absolute Gasteiger partial charge is 0.502 e. The van der Waals surface area contributed by atoms with Crippen LogP contribution in [0, 0.1) is 5.92 Å². The standard InChI is InChI=1S/C18H28N2O4/c1-12(2)8-13(9-16(19)22)18-17(23)15(21)10-14(24-18)11-20-6-4-3-5-7-20/h10,12-13,23H,3-9,11H2,1-2H3,(H2,19,22)/t13-/m1/s1. The summed E-state index contributed by atoms with van der Waals surface area (Å²) in [7, 11) is 0. The number of nitrogens with zero attached hydrogens (tertiary/aromatic N) is 1. The van der Waals surface area contributed by atoms with Crippen LogP contribution in [0.1, 0.15) is 63.4 Å². The van der Waals surface area contributed by atoms with Crippen LogP contribution < -0.4 is 11.2 Å². The Morgan fingerprint density at radius 1 is 1.33 bits per heavy atom. The van der Waals surface area contributed by atoms with Gasteiger partial charge >= 0.3 is 0 Å². The van der Waals surface area contributed by atoms with Gasteiger partial charge in [0.2, 0.25) is 17.1 Å². The summed E-state index contributed by atoms with van der Waals surface area (Å²) in [5.41, 5.74) is 4.88. The highest BCUT2D eigenvalue weighted by Gasteiger charge is 2.25. The molecule has 1 aliphatic heterocycles. The fourth-order valence-electron chi connectivity index (χ4n) is 3.34. The van der Waals surface area contributed by atoms with Crippen LogP contribution in [0.25, 0.3) is 0 Å². The van der Waals surface area contributed by atoms with Crippen LogP contribution in [-0.4, -0.2) is 29.0 Å². The van der Waals surface area contributed by atoms with Gasteiger partial charge in [-0.05, 0) is 38.3 Å². The SMILES string of the molecule is CC(C)C[C@H](CC(N)=O)c1oc(CN2CCCCC2)cc(=O)c1O. The molecule has 6 nitrogen and oxygen atoms in total. The van der Waals surface area contributed by atoms with E-state index in [0.717, 1.165) is 25.9 Å². The minimum absolute atomic E-state index is 0.0574. The summed E-state index contributed by atoms with van der Waals surface area (Å²) < 4.78 is 5.86. The second kappa shape index (κ2) is 8.33. The maximum atomic E-state index is 12.1. The number of likely N-dealkylation sites (tertiary alicyclic amines) is 1. The van der Waals surface area contributed by atoms with Crippen molar-refractivity contribution in [2.75, 3.05) is 13.1 Å². The predicted octanol–water partition coefficient (Wildman–Crippen LogP) is 2.34. The Hall–Kier alpha value is -1.82. The summed E-state index contributed by atoms with van der Waals surface area (Å²) in [6.45, 7) is 6.54. The molecule has 1 aromatic rings. The Morgan fingerprint density at radius 3 is 2.58 bits per heavy atom. The minimum Gasteiger partial charge on any atom is -0.502 e.